The molecule has 18 heavy (non-hydrogen) atoms. The van der Waals surface area contributed by atoms with Crippen molar-refractivity contribution in [2.24, 2.45) is 5.73 Å². The minimum atomic E-state index is 0.0563. The van der Waals surface area contributed by atoms with Crippen molar-refractivity contribution >= 4 is 10.9 Å². The summed E-state index contributed by atoms with van der Waals surface area (Å²) in [6.07, 6.45) is 3.89. The van der Waals surface area contributed by atoms with Gasteiger partial charge in [-0.15, -0.1) is 0 Å². The number of aromatic nitrogens is 1. The molecule has 0 unspecified atom stereocenters. The predicted molar refractivity (Wildman–Crippen MR) is 72.5 cm³/mol. The Kier molecular flexibility index (Phi) is 3.02. The van der Waals surface area contributed by atoms with Crippen molar-refractivity contribution in [3.05, 3.63) is 42.1 Å². The number of benzene rings is 1. The van der Waals surface area contributed by atoms with E-state index in [-0.39, 0.29) is 5.41 Å². The molecule has 2 N–H and O–H groups in total. The molecular formula is C15H18N2O. The topological polar surface area (TPSA) is 48.1 Å². The lowest BCUT2D eigenvalue weighted by molar-refractivity contribution is 0.0534. The molecule has 1 aromatic heterocycles. The van der Waals surface area contributed by atoms with Crippen LogP contribution in [0.5, 0.6) is 0 Å². The van der Waals surface area contributed by atoms with Crippen LogP contribution >= 0.6 is 0 Å². The van der Waals surface area contributed by atoms with Gasteiger partial charge in [-0.3, -0.25) is 4.98 Å². The maximum Gasteiger partial charge on any atom is 0.0704 e. The first-order chi connectivity index (χ1) is 8.86. The summed E-state index contributed by atoms with van der Waals surface area (Å²) >= 11 is 0. The fourth-order valence-electron chi connectivity index (χ4n) is 2.90. The first kappa shape index (κ1) is 11.6. The molecular weight excluding hydrogens is 224 g/mol. The van der Waals surface area contributed by atoms with Crippen molar-refractivity contribution in [3.8, 4) is 0 Å². The van der Waals surface area contributed by atoms with Gasteiger partial charge >= 0.3 is 0 Å². The summed E-state index contributed by atoms with van der Waals surface area (Å²) in [5.41, 5.74) is 8.52. The van der Waals surface area contributed by atoms with Crippen molar-refractivity contribution in [2.45, 2.75) is 18.3 Å². The molecule has 1 aromatic carbocycles. The largest absolute Gasteiger partial charge is 0.381 e. The molecule has 1 saturated heterocycles. The standard InChI is InChI=1S/C15H18N2O/c16-11-15(6-9-18-10-7-15)13-5-8-17-14-4-2-1-3-12(13)14/h1-5,8H,6-7,9-11,16H2. The number of hydrogen-bond acceptors (Lipinski definition) is 3. The van der Waals surface area contributed by atoms with Crippen LogP contribution in [0.25, 0.3) is 10.9 Å². The molecule has 1 aliphatic heterocycles. The Balaban J connectivity index is 2.17. The lowest BCUT2D eigenvalue weighted by Crippen LogP contribution is -2.40. The van der Waals surface area contributed by atoms with Crippen molar-refractivity contribution in [1.29, 1.82) is 0 Å². The van der Waals surface area contributed by atoms with Gasteiger partial charge in [0.2, 0.25) is 0 Å². The number of pyridine rings is 1. The van der Waals surface area contributed by atoms with E-state index in [0.717, 1.165) is 31.6 Å². The SMILES string of the molecule is NCC1(c2ccnc3ccccc23)CCOCC1. The summed E-state index contributed by atoms with van der Waals surface area (Å²) < 4.78 is 5.49. The Labute approximate surface area is 107 Å². The smallest absolute Gasteiger partial charge is 0.0704 e. The molecule has 0 aliphatic carbocycles. The number of rotatable bonds is 2. The van der Waals surface area contributed by atoms with Gasteiger partial charge in [0.15, 0.2) is 0 Å². The highest BCUT2D eigenvalue weighted by molar-refractivity contribution is 5.83. The van der Waals surface area contributed by atoms with Crippen molar-refractivity contribution < 1.29 is 4.74 Å². The van der Waals surface area contributed by atoms with Crippen LogP contribution in [-0.2, 0) is 10.2 Å². The third-order valence-electron chi connectivity index (χ3n) is 4.06. The Morgan fingerprint density at radius 3 is 2.72 bits per heavy atom. The highest BCUT2D eigenvalue weighted by atomic mass is 16.5. The molecule has 0 radical (unpaired) electrons. The average Bonchev–Trinajstić information content (AvgIpc) is 2.47. The van der Waals surface area contributed by atoms with Gasteiger partial charge in [0.1, 0.15) is 0 Å². The summed E-state index contributed by atoms with van der Waals surface area (Å²) in [6.45, 7) is 2.27. The normalized spacial score (nSPS) is 18.9. The van der Waals surface area contributed by atoms with Gasteiger partial charge in [-0.1, -0.05) is 18.2 Å². The van der Waals surface area contributed by atoms with Gasteiger partial charge < -0.3 is 10.5 Å². The van der Waals surface area contributed by atoms with E-state index in [9.17, 15) is 0 Å². The second kappa shape index (κ2) is 4.67. The summed E-state index contributed by atoms with van der Waals surface area (Å²) in [5, 5.41) is 1.23. The van der Waals surface area contributed by atoms with E-state index in [0.29, 0.717) is 6.54 Å². The molecule has 3 heteroatoms. The van der Waals surface area contributed by atoms with E-state index in [1.807, 2.05) is 12.3 Å². The Bertz CT molecular complexity index is 542. The third kappa shape index (κ3) is 1.80. The molecule has 2 aromatic rings. The minimum Gasteiger partial charge on any atom is -0.381 e. The van der Waals surface area contributed by atoms with Gasteiger partial charge in [0.25, 0.3) is 0 Å². The number of nitrogens with two attached hydrogens (primary N) is 1. The molecule has 0 spiro atoms. The predicted octanol–water partition coefficient (Wildman–Crippen LogP) is 2.24. The molecule has 94 valence electrons. The maximum atomic E-state index is 6.09. The summed E-state index contributed by atoms with van der Waals surface area (Å²) in [5.74, 6) is 0. The number of fused-ring (bicyclic) bond motifs is 1. The van der Waals surface area contributed by atoms with E-state index in [1.54, 1.807) is 0 Å². The number of hydrogen-bond donors (Lipinski definition) is 1. The molecule has 3 rings (SSSR count). The summed E-state index contributed by atoms with van der Waals surface area (Å²) in [6, 6.07) is 10.4. The zero-order valence-electron chi connectivity index (χ0n) is 10.4. The van der Waals surface area contributed by atoms with Gasteiger partial charge in [-0.25, -0.2) is 0 Å². The fourth-order valence-corrected chi connectivity index (χ4v) is 2.90. The molecule has 0 atom stereocenters. The maximum absolute atomic E-state index is 6.09. The van der Waals surface area contributed by atoms with Crippen LogP contribution in [0.3, 0.4) is 0 Å². The Morgan fingerprint density at radius 2 is 1.94 bits per heavy atom. The molecule has 0 bridgehead atoms. The average molecular weight is 242 g/mol. The molecule has 0 amide bonds. The van der Waals surface area contributed by atoms with Crippen LogP contribution in [-0.4, -0.2) is 24.7 Å². The van der Waals surface area contributed by atoms with Gasteiger partial charge in [0, 0.05) is 36.8 Å². The van der Waals surface area contributed by atoms with Crippen LogP contribution < -0.4 is 5.73 Å². The van der Waals surface area contributed by atoms with Crippen LogP contribution in [0.1, 0.15) is 18.4 Å². The quantitative estimate of drug-likeness (QED) is 0.878. The lowest BCUT2D eigenvalue weighted by atomic mass is 9.73. The van der Waals surface area contributed by atoms with Gasteiger partial charge in [0.05, 0.1) is 5.52 Å². The van der Waals surface area contributed by atoms with Gasteiger partial charge in [-0.2, -0.15) is 0 Å². The third-order valence-corrected chi connectivity index (χ3v) is 4.06. The molecule has 3 nitrogen and oxygen atoms in total. The summed E-state index contributed by atoms with van der Waals surface area (Å²) in [7, 11) is 0. The molecule has 0 saturated carbocycles. The van der Waals surface area contributed by atoms with E-state index in [2.05, 4.69) is 29.2 Å². The van der Waals surface area contributed by atoms with Crippen molar-refractivity contribution in [1.82, 2.24) is 4.98 Å². The second-order valence-corrected chi connectivity index (χ2v) is 4.97. The lowest BCUT2D eigenvalue weighted by Gasteiger charge is -2.37. The van der Waals surface area contributed by atoms with Gasteiger partial charge in [-0.05, 0) is 30.5 Å². The monoisotopic (exact) mass is 242 g/mol. The van der Waals surface area contributed by atoms with Crippen LogP contribution in [0, 0.1) is 0 Å². The number of ether oxygens (including phenoxy) is 1. The van der Waals surface area contributed by atoms with E-state index in [4.69, 9.17) is 10.5 Å². The zero-order chi connectivity index (χ0) is 12.4. The van der Waals surface area contributed by atoms with Crippen molar-refractivity contribution in [2.75, 3.05) is 19.8 Å². The Hall–Kier alpha value is -1.45. The van der Waals surface area contributed by atoms with E-state index in [1.165, 1.54) is 10.9 Å². The fraction of sp³-hybridized carbons (Fsp3) is 0.400. The van der Waals surface area contributed by atoms with Crippen molar-refractivity contribution in [3.63, 3.8) is 0 Å². The number of para-hydroxylation sites is 1. The molecule has 2 heterocycles. The second-order valence-electron chi connectivity index (χ2n) is 4.97. The minimum absolute atomic E-state index is 0.0563. The highest BCUT2D eigenvalue weighted by Gasteiger charge is 2.34. The van der Waals surface area contributed by atoms with Crippen LogP contribution in [0.2, 0.25) is 0 Å². The van der Waals surface area contributed by atoms with Crippen LogP contribution in [0.4, 0.5) is 0 Å². The summed E-state index contributed by atoms with van der Waals surface area (Å²) in [4.78, 5) is 4.43. The van der Waals surface area contributed by atoms with E-state index >= 15 is 0 Å². The highest BCUT2D eigenvalue weighted by Crippen LogP contribution is 2.37. The van der Waals surface area contributed by atoms with E-state index < -0.39 is 0 Å². The molecule has 1 fully saturated rings. The molecule has 1 aliphatic rings. The first-order valence-corrected chi connectivity index (χ1v) is 6.48. The first-order valence-electron chi connectivity index (χ1n) is 6.48. The zero-order valence-corrected chi connectivity index (χ0v) is 10.4. The number of nitrogens with zero attached hydrogens (tertiary/aromatic N) is 1. The van der Waals surface area contributed by atoms with Crippen LogP contribution in [0.15, 0.2) is 36.5 Å². The Morgan fingerprint density at radius 1 is 1.17 bits per heavy atom.